The number of halogens is 1. The van der Waals surface area contributed by atoms with Crippen LogP contribution in [0.25, 0.3) is 0 Å². The molecule has 0 radical (unpaired) electrons. The molecule has 0 aliphatic carbocycles. The molecule has 1 aromatic carbocycles. The minimum atomic E-state index is 0.287. The summed E-state index contributed by atoms with van der Waals surface area (Å²) in [5, 5.41) is 3.29. The molecule has 2 rings (SSSR count). The molecule has 88 valence electrons. The molecule has 0 spiro atoms. The monoisotopic (exact) mass is 283 g/mol. The second-order valence-corrected chi connectivity index (χ2v) is 5.56. The summed E-state index contributed by atoms with van der Waals surface area (Å²) in [6.45, 7) is 2.80. The Balaban J connectivity index is 2.11. The van der Waals surface area contributed by atoms with Gasteiger partial charge in [0.1, 0.15) is 0 Å². The van der Waals surface area contributed by atoms with Gasteiger partial charge in [0, 0.05) is 23.0 Å². The van der Waals surface area contributed by atoms with Gasteiger partial charge in [0.05, 0.1) is 6.61 Å². The van der Waals surface area contributed by atoms with Crippen molar-refractivity contribution in [3.63, 3.8) is 0 Å². The molecule has 1 aliphatic heterocycles. The van der Waals surface area contributed by atoms with E-state index in [0.717, 1.165) is 37.1 Å². The van der Waals surface area contributed by atoms with Gasteiger partial charge in [-0.1, -0.05) is 28.1 Å². The predicted octanol–water partition coefficient (Wildman–Crippen LogP) is 2.62. The van der Waals surface area contributed by atoms with Gasteiger partial charge < -0.3 is 10.1 Å². The van der Waals surface area contributed by atoms with E-state index in [0.29, 0.717) is 0 Å². The van der Waals surface area contributed by atoms with Crippen LogP contribution in [0.3, 0.4) is 0 Å². The van der Waals surface area contributed by atoms with Gasteiger partial charge in [-0.05, 0) is 37.6 Å². The quantitative estimate of drug-likeness (QED) is 0.917. The maximum atomic E-state index is 5.56. The van der Waals surface area contributed by atoms with Crippen molar-refractivity contribution >= 4 is 15.9 Å². The number of nitrogens with one attached hydrogen (secondary N) is 1. The molecule has 1 N–H and O–H groups in total. The van der Waals surface area contributed by atoms with E-state index < -0.39 is 0 Å². The van der Waals surface area contributed by atoms with Crippen molar-refractivity contribution in [1.29, 1.82) is 0 Å². The molecule has 16 heavy (non-hydrogen) atoms. The molecule has 1 aliphatic rings. The lowest BCUT2D eigenvalue weighted by Gasteiger charge is -2.27. The van der Waals surface area contributed by atoms with Crippen molar-refractivity contribution in [3.8, 4) is 0 Å². The molecule has 3 heteroatoms. The maximum absolute atomic E-state index is 5.56. The van der Waals surface area contributed by atoms with E-state index in [1.807, 2.05) is 7.05 Å². The lowest BCUT2D eigenvalue weighted by Crippen LogP contribution is -2.35. The highest BCUT2D eigenvalue weighted by Crippen LogP contribution is 2.32. The highest BCUT2D eigenvalue weighted by molar-refractivity contribution is 9.10. The van der Waals surface area contributed by atoms with Gasteiger partial charge in [-0.15, -0.1) is 0 Å². The summed E-state index contributed by atoms with van der Waals surface area (Å²) in [4.78, 5) is 0. The fourth-order valence-corrected chi connectivity index (χ4v) is 2.89. The van der Waals surface area contributed by atoms with Crippen LogP contribution in [-0.2, 0) is 11.2 Å². The van der Waals surface area contributed by atoms with E-state index in [-0.39, 0.29) is 5.41 Å². The highest BCUT2D eigenvalue weighted by Gasteiger charge is 2.34. The van der Waals surface area contributed by atoms with E-state index in [2.05, 4.69) is 45.5 Å². The third-order valence-corrected chi connectivity index (χ3v) is 3.70. The Labute approximate surface area is 106 Å². The maximum Gasteiger partial charge on any atom is 0.0538 e. The van der Waals surface area contributed by atoms with Crippen LogP contribution in [0.1, 0.15) is 12.0 Å². The van der Waals surface area contributed by atoms with Crippen molar-refractivity contribution in [3.05, 3.63) is 34.3 Å². The molecule has 1 atom stereocenters. The van der Waals surface area contributed by atoms with Crippen LogP contribution in [0.15, 0.2) is 28.7 Å². The zero-order valence-corrected chi connectivity index (χ0v) is 11.2. The van der Waals surface area contributed by atoms with Crippen molar-refractivity contribution in [2.75, 3.05) is 26.8 Å². The summed E-state index contributed by atoms with van der Waals surface area (Å²) in [6, 6.07) is 8.57. The molecule has 0 saturated carbocycles. The lowest BCUT2D eigenvalue weighted by molar-refractivity contribution is 0.150. The van der Waals surface area contributed by atoms with Crippen LogP contribution in [0.2, 0.25) is 0 Å². The van der Waals surface area contributed by atoms with E-state index in [1.54, 1.807) is 0 Å². The summed E-state index contributed by atoms with van der Waals surface area (Å²) in [7, 11) is 2.01. The summed E-state index contributed by atoms with van der Waals surface area (Å²) in [5.41, 5.74) is 1.67. The summed E-state index contributed by atoms with van der Waals surface area (Å²) >= 11 is 3.52. The van der Waals surface area contributed by atoms with Gasteiger partial charge in [-0.25, -0.2) is 0 Å². The summed E-state index contributed by atoms with van der Waals surface area (Å²) in [6.07, 6.45) is 2.24. The SMILES string of the molecule is CNCC1(Cc2cccc(Br)c2)CCOC1. The summed E-state index contributed by atoms with van der Waals surface area (Å²) in [5.74, 6) is 0. The van der Waals surface area contributed by atoms with Crippen LogP contribution in [0.4, 0.5) is 0 Å². The van der Waals surface area contributed by atoms with Crippen LogP contribution in [0.5, 0.6) is 0 Å². The molecule has 2 nitrogen and oxygen atoms in total. The molecule has 1 saturated heterocycles. The minimum Gasteiger partial charge on any atom is -0.381 e. The van der Waals surface area contributed by atoms with Gasteiger partial charge in [0.25, 0.3) is 0 Å². The number of rotatable bonds is 4. The van der Waals surface area contributed by atoms with Gasteiger partial charge in [-0.3, -0.25) is 0 Å². The number of benzene rings is 1. The van der Waals surface area contributed by atoms with Crippen molar-refractivity contribution in [1.82, 2.24) is 5.32 Å². The highest BCUT2D eigenvalue weighted by atomic mass is 79.9. The zero-order valence-electron chi connectivity index (χ0n) is 9.63. The Bertz CT molecular complexity index is 348. The lowest BCUT2D eigenvalue weighted by atomic mass is 9.81. The Kier molecular flexibility index (Phi) is 4.00. The Hall–Kier alpha value is -0.380. The topological polar surface area (TPSA) is 21.3 Å². The Morgan fingerprint density at radius 1 is 1.50 bits per heavy atom. The molecular formula is C13H18BrNO. The van der Waals surface area contributed by atoms with E-state index in [4.69, 9.17) is 4.74 Å². The average Bonchev–Trinajstić information content (AvgIpc) is 2.67. The number of hydrogen-bond donors (Lipinski definition) is 1. The normalized spacial score (nSPS) is 24.9. The second-order valence-electron chi connectivity index (χ2n) is 4.64. The van der Waals surface area contributed by atoms with E-state index in [1.165, 1.54) is 5.56 Å². The van der Waals surface area contributed by atoms with Crippen molar-refractivity contribution < 1.29 is 4.74 Å². The fraction of sp³-hybridized carbons (Fsp3) is 0.538. The number of ether oxygens (including phenoxy) is 1. The van der Waals surface area contributed by atoms with Crippen LogP contribution < -0.4 is 5.32 Å². The van der Waals surface area contributed by atoms with Gasteiger partial charge >= 0.3 is 0 Å². The summed E-state index contributed by atoms with van der Waals surface area (Å²) < 4.78 is 6.72. The predicted molar refractivity (Wildman–Crippen MR) is 69.6 cm³/mol. The Morgan fingerprint density at radius 2 is 2.38 bits per heavy atom. The Morgan fingerprint density at radius 3 is 3.00 bits per heavy atom. The van der Waals surface area contributed by atoms with Gasteiger partial charge in [0.15, 0.2) is 0 Å². The zero-order chi connectivity index (χ0) is 11.4. The largest absolute Gasteiger partial charge is 0.381 e. The van der Waals surface area contributed by atoms with Gasteiger partial charge in [-0.2, -0.15) is 0 Å². The van der Waals surface area contributed by atoms with Crippen LogP contribution in [-0.4, -0.2) is 26.8 Å². The van der Waals surface area contributed by atoms with Crippen molar-refractivity contribution in [2.24, 2.45) is 5.41 Å². The molecule has 0 bridgehead atoms. The third kappa shape index (κ3) is 2.84. The third-order valence-electron chi connectivity index (χ3n) is 3.20. The average molecular weight is 284 g/mol. The minimum absolute atomic E-state index is 0.287. The number of hydrogen-bond acceptors (Lipinski definition) is 2. The standard InChI is InChI=1S/C13H18BrNO/c1-15-9-13(5-6-16-10-13)8-11-3-2-4-12(14)7-11/h2-4,7,15H,5-6,8-10H2,1H3. The molecule has 0 aromatic heterocycles. The first kappa shape index (κ1) is 12.1. The van der Waals surface area contributed by atoms with Crippen molar-refractivity contribution in [2.45, 2.75) is 12.8 Å². The molecule has 1 unspecified atom stereocenters. The van der Waals surface area contributed by atoms with Crippen LogP contribution >= 0.6 is 15.9 Å². The molecular weight excluding hydrogens is 266 g/mol. The second kappa shape index (κ2) is 5.30. The van der Waals surface area contributed by atoms with E-state index >= 15 is 0 Å². The smallest absolute Gasteiger partial charge is 0.0538 e. The fourth-order valence-electron chi connectivity index (χ4n) is 2.45. The van der Waals surface area contributed by atoms with Gasteiger partial charge in [0.2, 0.25) is 0 Å². The van der Waals surface area contributed by atoms with Crippen LogP contribution in [0, 0.1) is 5.41 Å². The molecule has 1 heterocycles. The first-order valence-electron chi connectivity index (χ1n) is 5.71. The first-order valence-corrected chi connectivity index (χ1v) is 6.50. The molecule has 0 amide bonds. The van der Waals surface area contributed by atoms with E-state index in [9.17, 15) is 0 Å². The molecule has 1 fully saturated rings. The first-order chi connectivity index (χ1) is 7.74. The molecule has 1 aromatic rings.